The Morgan fingerprint density at radius 1 is 1.30 bits per heavy atom. The summed E-state index contributed by atoms with van der Waals surface area (Å²) in [7, 11) is 0. The van der Waals surface area contributed by atoms with E-state index in [4.69, 9.17) is 14.2 Å². The maximum Gasteiger partial charge on any atom is 0.124 e. The Balaban J connectivity index is 1.95. The molecule has 0 aromatic heterocycles. The smallest absolute Gasteiger partial charge is 0.124 e. The van der Waals surface area contributed by atoms with Crippen molar-refractivity contribution in [2.45, 2.75) is 39.0 Å². The second-order valence-electron chi connectivity index (χ2n) is 5.21. The summed E-state index contributed by atoms with van der Waals surface area (Å²) in [6.45, 7) is 8.86. The van der Waals surface area contributed by atoms with E-state index in [-0.39, 0.29) is 18.2 Å². The number of likely N-dealkylation sites (N-methyl/N-ethyl adjacent to an activating group) is 1. The van der Waals surface area contributed by atoms with Crippen molar-refractivity contribution in [1.82, 2.24) is 5.32 Å². The Morgan fingerprint density at radius 3 is 2.85 bits per heavy atom. The number of nitrogens with one attached hydrogen (secondary N) is 1. The molecule has 0 saturated heterocycles. The minimum absolute atomic E-state index is 0.0283. The van der Waals surface area contributed by atoms with Gasteiger partial charge in [0.1, 0.15) is 18.5 Å². The highest BCUT2D eigenvalue weighted by molar-refractivity contribution is 5.38. The molecule has 1 heterocycles. The van der Waals surface area contributed by atoms with Gasteiger partial charge in [-0.25, -0.2) is 0 Å². The molecule has 1 aromatic carbocycles. The molecule has 1 aromatic rings. The highest BCUT2D eigenvalue weighted by atomic mass is 16.6. The van der Waals surface area contributed by atoms with Gasteiger partial charge in [-0.3, -0.25) is 0 Å². The van der Waals surface area contributed by atoms with E-state index in [1.165, 1.54) is 5.56 Å². The standard InChI is InChI=1S/C16H25NO3/c1-4-17-16-13-7-5-6-8-14(13)20-11-15(16)19-10-9-18-12(2)3/h5-8,12,15-17H,4,9-11H2,1-3H3. The minimum atomic E-state index is 0.0283. The van der Waals surface area contributed by atoms with E-state index in [9.17, 15) is 0 Å². The Kier molecular flexibility index (Phi) is 5.83. The molecule has 0 fully saturated rings. The van der Waals surface area contributed by atoms with Crippen LogP contribution in [0.2, 0.25) is 0 Å². The van der Waals surface area contributed by atoms with Crippen LogP contribution in [-0.2, 0) is 9.47 Å². The summed E-state index contributed by atoms with van der Waals surface area (Å²) in [5, 5.41) is 3.49. The zero-order valence-electron chi connectivity index (χ0n) is 12.6. The zero-order valence-corrected chi connectivity index (χ0v) is 12.6. The number of hydrogen-bond donors (Lipinski definition) is 1. The summed E-state index contributed by atoms with van der Waals surface area (Å²) in [4.78, 5) is 0. The van der Waals surface area contributed by atoms with Crippen molar-refractivity contribution in [3.8, 4) is 5.75 Å². The third kappa shape index (κ3) is 3.95. The molecule has 0 aliphatic carbocycles. The highest BCUT2D eigenvalue weighted by Gasteiger charge is 2.30. The monoisotopic (exact) mass is 279 g/mol. The predicted molar refractivity (Wildman–Crippen MR) is 79.2 cm³/mol. The summed E-state index contributed by atoms with van der Waals surface area (Å²) in [5.74, 6) is 0.955. The van der Waals surface area contributed by atoms with Crippen LogP contribution >= 0.6 is 0 Å². The molecule has 0 saturated carbocycles. The Morgan fingerprint density at radius 2 is 2.10 bits per heavy atom. The molecule has 4 heteroatoms. The number of ether oxygens (including phenoxy) is 3. The third-order valence-corrected chi connectivity index (χ3v) is 3.32. The lowest BCUT2D eigenvalue weighted by molar-refractivity contribution is -0.0482. The second-order valence-corrected chi connectivity index (χ2v) is 5.21. The fraction of sp³-hybridized carbons (Fsp3) is 0.625. The molecule has 2 atom stereocenters. The fourth-order valence-electron chi connectivity index (χ4n) is 2.43. The van der Waals surface area contributed by atoms with Gasteiger partial charge in [-0.05, 0) is 26.5 Å². The maximum absolute atomic E-state index is 5.94. The zero-order chi connectivity index (χ0) is 14.4. The van der Waals surface area contributed by atoms with E-state index >= 15 is 0 Å². The summed E-state index contributed by atoms with van der Waals surface area (Å²) >= 11 is 0. The van der Waals surface area contributed by atoms with Crippen LogP contribution in [-0.4, -0.2) is 38.6 Å². The van der Waals surface area contributed by atoms with Gasteiger partial charge in [0, 0.05) is 5.56 Å². The first-order valence-corrected chi connectivity index (χ1v) is 7.40. The molecular formula is C16H25NO3. The average molecular weight is 279 g/mol. The normalized spacial score (nSPS) is 21.6. The van der Waals surface area contributed by atoms with Crippen LogP contribution < -0.4 is 10.1 Å². The molecule has 1 aliphatic heterocycles. The van der Waals surface area contributed by atoms with Gasteiger partial charge >= 0.3 is 0 Å². The van der Waals surface area contributed by atoms with Crippen LogP contribution in [0, 0.1) is 0 Å². The van der Waals surface area contributed by atoms with Crippen molar-refractivity contribution >= 4 is 0 Å². The van der Waals surface area contributed by atoms with E-state index in [1.807, 2.05) is 32.0 Å². The summed E-state index contributed by atoms with van der Waals surface area (Å²) in [6, 6.07) is 8.33. The maximum atomic E-state index is 5.94. The first kappa shape index (κ1) is 15.3. The highest BCUT2D eigenvalue weighted by Crippen LogP contribution is 2.33. The first-order valence-electron chi connectivity index (χ1n) is 7.40. The number of benzene rings is 1. The van der Waals surface area contributed by atoms with Crippen molar-refractivity contribution in [3.63, 3.8) is 0 Å². The second kappa shape index (κ2) is 7.62. The molecule has 0 spiro atoms. The van der Waals surface area contributed by atoms with E-state index in [0.717, 1.165) is 12.3 Å². The van der Waals surface area contributed by atoms with Crippen LogP contribution in [0.1, 0.15) is 32.4 Å². The van der Waals surface area contributed by atoms with E-state index < -0.39 is 0 Å². The molecule has 1 N–H and O–H groups in total. The van der Waals surface area contributed by atoms with E-state index in [0.29, 0.717) is 19.8 Å². The molecule has 1 aliphatic rings. The molecule has 0 radical (unpaired) electrons. The van der Waals surface area contributed by atoms with Gasteiger partial charge < -0.3 is 19.5 Å². The van der Waals surface area contributed by atoms with E-state index in [1.54, 1.807) is 0 Å². The Bertz CT molecular complexity index is 408. The molecule has 20 heavy (non-hydrogen) atoms. The third-order valence-electron chi connectivity index (χ3n) is 3.32. The van der Waals surface area contributed by atoms with Crippen LogP contribution in [0.3, 0.4) is 0 Å². The minimum Gasteiger partial charge on any atom is -0.490 e. The summed E-state index contributed by atoms with van der Waals surface area (Å²) in [5.41, 5.74) is 1.18. The van der Waals surface area contributed by atoms with Crippen molar-refractivity contribution < 1.29 is 14.2 Å². The van der Waals surface area contributed by atoms with Crippen LogP contribution in [0.4, 0.5) is 0 Å². The van der Waals surface area contributed by atoms with Gasteiger partial charge in [0.2, 0.25) is 0 Å². The number of fused-ring (bicyclic) bond motifs is 1. The van der Waals surface area contributed by atoms with Gasteiger partial charge in [-0.2, -0.15) is 0 Å². The number of rotatable bonds is 7. The van der Waals surface area contributed by atoms with Crippen molar-refractivity contribution in [1.29, 1.82) is 0 Å². The average Bonchev–Trinajstić information content (AvgIpc) is 2.45. The van der Waals surface area contributed by atoms with Gasteiger partial charge in [-0.15, -0.1) is 0 Å². The first-order chi connectivity index (χ1) is 9.72. The molecule has 2 unspecified atom stereocenters. The molecule has 2 rings (SSSR count). The van der Waals surface area contributed by atoms with Gasteiger partial charge in [-0.1, -0.05) is 25.1 Å². The lowest BCUT2D eigenvalue weighted by Crippen LogP contribution is -2.41. The molecule has 112 valence electrons. The number of hydrogen-bond acceptors (Lipinski definition) is 4. The van der Waals surface area contributed by atoms with Gasteiger partial charge in [0.25, 0.3) is 0 Å². The summed E-state index contributed by atoms with van der Waals surface area (Å²) in [6.07, 6.45) is 0.270. The van der Waals surface area contributed by atoms with Crippen LogP contribution in [0.15, 0.2) is 24.3 Å². The molecular weight excluding hydrogens is 254 g/mol. The largest absolute Gasteiger partial charge is 0.490 e. The van der Waals surface area contributed by atoms with Crippen molar-refractivity contribution in [2.75, 3.05) is 26.4 Å². The topological polar surface area (TPSA) is 39.7 Å². The quantitative estimate of drug-likeness (QED) is 0.779. The van der Waals surface area contributed by atoms with Crippen LogP contribution in [0.5, 0.6) is 5.75 Å². The fourth-order valence-corrected chi connectivity index (χ4v) is 2.43. The van der Waals surface area contributed by atoms with E-state index in [2.05, 4.69) is 18.3 Å². The lowest BCUT2D eigenvalue weighted by atomic mass is 9.98. The predicted octanol–water partition coefficient (Wildman–Crippen LogP) is 2.54. The number of para-hydroxylation sites is 1. The Hall–Kier alpha value is -1.10. The van der Waals surface area contributed by atoms with Crippen LogP contribution in [0.25, 0.3) is 0 Å². The van der Waals surface area contributed by atoms with Crippen molar-refractivity contribution in [3.05, 3.63) is 29.8 Å². The van der Waals surface area contributed by atoms with Crippen molar-refractivity contribution in [2.24, 2.45) is 0 Å². The molecule has 4 nitrogen and oxygen atoms in total. The summed E-state index contributed by atoms with van der Waals surface area (Å²) < 4.78 is 17.2. The Labute approximate surface area is 121 Å². The van der Waals surface area contributed by atoms with Gasteiger partial charge in [0.05, 0.1) is 25.4 Å². The molecule has 0 amide bonds. The molecule has 0 bridgehead atoms. The SMILES string of the molecule is CCNC1c2ccccc2OCC1OCCOC(C)C. The van der Waals surface area contributed by atoms with Gasteiger partial charge in [0.15, 0.2) is 0 Å². The lowest BCUT2D eigenvalue weighted by Gasteiger charge is -2.34.